The van der Waals surface area contributed by atoms with Gasteiger partial charge in [0.1, 0.15) is 5.82 Å². The third-order valence-electron chi connectivity index (χ3n) is 4.48. The van der Waals surface area contributed by atoms with Gasteiger partial charge in [0, 0.05) is 6.42 Å². The van der Waals surface area contributed by atoms with Gasteiger partial charge in [-0.3, -0.25) is 4.79 Å². The number of hydrogen-bond donors (Lipinski definition) is 1. The molecule has 2 fully saturated rings. The minimum Gasteiger partial charge on any atom is -0.324 e. The Balaban J connectivity index is 1.58. The second-order valence-corrected chi connectivity index (χ2v) is 5.67. The zero-order chi connectivity index (χ0) is 12.5. The average molecular weight is 247 g/mol. The summed E-state index contributed by atoms with van der Waals surface area (Å²) in [6.07, 6.45) is 5.67. The molecular weight excluding hydrogens is 229 g/mol. The van der Waals surface area contributed by atoms with Crippen LogP contribution in [0.25, 0.3) is 0 Å². The number of carbonyl (C=O) groups excluding carboxylic acids is 1. The lowest BCUT2D eigenvalue weighted by atomic mass is 9.86. The molecule has 3 rings (SSSR count). The molecule has 0 heterocycles. The van der Waals surface area contributed by atoms with E-state index in [2.05, 4.69) is 5.32 Å². The van der Waals surface area contributed by atoms with Crippen molar-refractivity contribution >= 4 is 11.6 Å². The zero-order valence-corrected chi connectivity index (χ0v) is 10.4. The van der Waals surface area contributed by atoms with Crippen LogP contribution < -0.4 is 5.32 Å². The van der Waals surface area contributed by atoms with Gasteiger partial charge in [0.25, 0.3) is 0 Å². The van der Waals surface area contributed by atoms with E-state index in [9.17, 15) is 9.18 Å². The van der Waals surface area contributed by atoms with E-state index < -0.39 is 0 Å². The van der Waals surface area contributed by atoms with Crippen LogP contribution in [0, 0.1) is 23.6 Å². The normalized spacial score (nSPS) is 29.5. The Morgan fingerprint density at radius 3 is 2.78 bits per heavy atom. The van der Waals surface area contributed by atoms with E-state index in [-0.39, 0.29) is 11.7 Å². The molecule has 0 spiro atoms. The third-order valence-corrected chi connectivity index (χ3v) is 4.48. The summed E-state index contributed by atoms with van der Waals surface area (Å²) in [6, 6.07) is 6.33. The Morgan fingerprint density at radius 2 is 2.11 bits per heavy atom. The summed E-state index contributed by atoms with van der Waals surface area (Å²) in [5.41, 5.74) is 0.297. The number of fused-ring (bicyclic) bond motifs is 2. The molecule has 1 amide bonds. The van der Waals surface area contributed by atoms with Crippen LogP contribution in [0.2, 0.25) is 0 Å². The molecule has 1 aromatic rings. The number of nitrogens with one attached hydrogen (secondary N) is 1. The van der Waals surface area contributed by atoms with E-state index in [1.54, 1.807) is 18.2 Å². The van der Waals surface area contributed by atoms with Crippen molar-refractivity contribution in [3.05, 3.63) is 30.1 Å². The molecule has 2 aliphatic rings. The Hall–Kier alpha value is -1.38. The molecule has 0 aliphatic heterocycles. The van der Waals surface area contributed by atoms with Crippen molar-refractivity contribution < 1.29 is 9.18 Å². The van der Waals surface area contributed by atoms with Gasteiger partial charge < -0.3 is 5.32 Å². The predicted molar refractivity (Wildman–Crippen MR) is 68.6 cm³/mol. The quantitative estimate of drug-likeness (QED) is 0.869. The van der Waals surface area contributed by atoms with E-state index in [0.717, 1.165) is 11.8 Å². The highest BCUT2D eigenvalue weighted by Crippen LogP contribution is 2.49. The molecule has 2 bridgehead atoms. The lowest BCUT2D eigenvalue weighted by Gasteiger charge is -2.20. The topological polar surface area (TPSA) is 29.1 Å². The fraction of sp³-hybridized carbons (Fsp3) is 0.533. The zero-order valence-electron chi connectivity index (χ0n) is 10.4. The Labute approximate surface area is 107 Å². The van der Waals surface area contributed by atoms with E-state index in [4.69, 9.17) is 0 Å². The summed E-state index contributed by atoms with van der Waals surface area (Å²) in [7, 11) is 0. The molecule has 0 aromatic heterocycles. The van der Waals surface area contributed by atoms with Crippen molar-refractivity contribution in [3.8, 4) is 0 Å². The number of hydrogen-bond acceptors (Lipinski definition) is 1. The summed E-state index contributed by atoms with van der Waals surface area (Å²) in [4.78, 5) is 11.9. The van der Waals surface area contributed by atoms with Crippen LogP contribution in [0.4, 0.5) is 10.1 Å². The number of amides is 1. The first-order valence-corrected chi connectivity index (χ1v) is 6.77. The fourth-order valence-corrected chi connectivity index (χ4v) is 3.63. The van der Waals surface area contributed by atoms with Gasteiger partial charge in [-0.2, -0.15) is 0 Å². The van der Waals surface area contributed by atoms with Crippen LogP contribution >= 0.6 is 0 Å². The molecule has 1 N–H and O–H groups in total. The maximum absolute atomic E-state index is 13.4. The summed E-state index contributed by atoms with van der Waals surface area (Å²) in [6.45, 7) is 0. The minimum atomic E-state index is -0.362. The minimum absolute atomic E-state index is 0.0438. The van der Waals surface area contributed by atoms with Gasteiger partial charge in [-0.15, -0.1) is 0 Å². The SMILES string of the molecule is O=C(C[C@@H]1C[C@@H]2CC[C@@H]1C2)Nc1ccccc1F. The number of benzene rings is 1. The summed E-state index contributed by atoms with van der Waals surface area (Å²) in [5.74, 6) is 1.70. The molecule has 1 aromatic carbocycles. The van der Waals surface area contributed by atoms with E-state index >= 15 is 0 Å². The molecule has 0 saturated heterocycles. The molecule has 3 atom stereocenters. The van der Waals surface area contributed by atoms with Crippen molar-refractivity contribution in [2.45, 2.75) is 32.1 Å². The van der Waals surface area contributed by atoms with Crippen molar-refractivity contribution in [1.29, 1.82) is 0 Å². The highest BCUT2D eigenvalue weighted by molar-refractivity contribution is 5.91. The molecular formula is C15H18FNO. The van der Waals surface area contributed by atoms with Gasteiger partial charge in [0.15, 0.2) is 0 Å². The number of anilines is 1. The van der Waals surface area contributed by atoms with E-state index in [0.29, 0.717) is 18.0 Å². The summed E-state index contributed by atoms with van der Waals surface area (Å²) >= 11 is 0. The van der Waals surface area contributed by atoms with Gasteiger partial charge in [-0.25, -0.2) is 4.39 Å². The molecule has 3 heteroatoms. The first kappa shape index (κ1) is 11.7. The molecule has 18 heavy (non-hydrogen) atoms. The second-order valence-electron chi connectivity index (χ2n) is 5.67. The second kappa shape index (κ2) is 4.71. The average Bonchev–Trinajstić information content (AvgIpc) is 2.94. The number of para-hydroxylation sites is 1. The first-order chi connectivity index (χ1) is 8.72. The van der Waals surface area contributed by atoms with Crippen LogP contribution in [-0.2, 0) is 4.79 Å². The maximum Gasteiger partial charge on any atom is 0.224 e. The van der Waals surface area contributed by atoms with Gasteiger partial charge in [0.05, 0.1) is 5.69 Å². The van der Waals surface area contributed by atoms with Gasteiger partial charge in [-0.05, 0) is 49.1 Å². The third kappa shape index (κ3) is 2.26. The Kier molecular flexibility index (Phi) is 3.06. The number of rotatable bonds is 3. The van der Waals surface area contributed by atoms with E-state index in [1.165, 1.54) is 31.7 Å². The number of carbonyl (C=O) groups is 1. The fourth-order valence-electron chi connectivity index (χ4n) is 3.63. The van der Waals surface area contributed by atoms with Crippen molar-refractivity contribution in [1.82, 2.24) is 0 Å². The van der Waals surface area contributed by atoms with Gasteiger partial charge >= 0.3 is 0 Å². The van der Waals surface area contributed by atoms with Crippen molar-refractivity contribution in [2.24, 2.45) is 17.8 Å². The van der Waals surface area contributed by atoms with Crippen LogP contribution in [0.15, 0.2) is 24.3 Å². The lowest BCUT2D eigenvalue weighted by Crippen LogP contribution is -2.20. The Bertz CT molecular complexity index is 460. The van der Waals surface area contributed by atoms with Crippen molar-refractivity contribution in [2.75, 3.05) is 5.32 Å². The van der Waals surface area contributed by atoms with Crippen LogP contribution in [0.3, 0.4) is 0 Å². The smallest absolute Gasteiger partial charge is 0.224 e. The van der Waals surface area contributed by atoms with Gasteiger partial charge in [0.2, 0.25) is 5.91 Å². The molecule has 0 radical (unpaired) electrons. The predicted octanol–water partition coefficient (Wildman–Crippen LogP) is 3.59. The standard InChI is InChI=1S/C15H18FNO/c16-13-3-1-2-4-14(13)17-15(18)9-12-8-10-5-6-11(12)7-10/h1-4,10-12H,5-9H2,(H,17,18)/t10-,11-,12+/m1/s1. The van der Waals surface area contributed by atoms with E-state index in [1.807, 2.05) is 0 Å². The van der Waals surface area contributed by atoms with Crippen LogP contribution in [0.1, 0.15) is 32.1 Å². The van der Waals surface area contributed by atoms with Gasteiger partial charge in [-0.1, -0.05) is 18.6 Å². The van der Waals surface area contributed by atoms with Crippen LogP contribution in [-0.4, -0.2) is 5.91 Å². The highest BCUT2D eigenvalue weighted by atomic mass is 19.1. The Morgan fingerprint density at radius 1 is 1.28 bits per heavy atom. The summed E-state index contributed by atoms with van der Waals surface area (Å²) in [5, 5.41) is 2.68. The maximum atomic E-state index is 13.4. The molecule has 2 saturated carbocycles. The highest BCUT2D eigenvalue weighted by Gasteiger charge is 2.40. The molecule has 2 nitrogen and oxygen atoms in total. The largest absolute Gasteiger partial charge is 0.324 e. The monoisotopic (exact) mass is 247 g/mol. The van der Waals surface area contributed by atoms with Crippen LogP contribution in [0.5, 0.6) is 0 Å². The molecule has 0 unspecified atom stereocenters. The number of halogens is 1. The molecule has 96 valence electrons. The summed E-state index contributed by atoms with van der Waals surface area (Å²) < 4.78 is 13.4. The lowest BCUT2D eigenvalue weighted by molar-refractivity contribution is -0.117. The first-order valence-electron chi connectivity index (χ1n) is 6.77. The molecule has 2 aliphatic carbocycles. The van der Waals surface area contributed by atoms with Crippen molar-refractivity contribution in [3.63, 3.8) is 0 Å².